The summed E-state index contributed by atoms with van der Waals surface area (Å²) in [4.78, 5) is 8.60. The third-order valence-corrected chi connectivity index (χ3v) is 4.20. The van der Waals surface area contributed by atoms with Crippen molar-refractivity contribution in [1.82, 2.24) is 15.1 Å². The second-order valence-electron chi connectivity index (χ2n) is 5.57. The van der Waals surface area contributed by atoms with Crippen molar-refractivity contribution in [2.75, 3.05) is 5.73 Å². The SMILES string of the molecule is CCC1CCCC(c2noc(-c3ccc(N)nc3)n2)C1. The molecular weight excluding hydrogens is 252 g/mol. The van der Waals surface area contributed by atoms with Crippen LogP contribution in [0.2, 0.25) is 0 Å². The van der Waals surface area contributed by atoms with Crippen molar-refractivity contribution in [3.63, 3.8) is 0 Å². The van der Waals surface area contributed by atoms with Crippen LogP contribution in [0.1, 0.15) is 50.8 Å². The van der Waals surface area contributed by atoms with Gasteiger partial charge in [0.25, 0.3) is 5.89 Å². The summed E-state index contributed by atoms with van der Waals surface area (Å²) in [5.74, 6) is 3.11. The summed E-state index contributed by atoms with van der Waals surface area (Å²) < 4.78 is 5.37. The first-order valence-corrected chi connectivity index (χ1v) is 7.31. The number of hydrogen-bond donors (Lipinski definition) is 1. The molecule has 2 aromatic heterocycles. The fraction of sp³-hybridized carbons (Fsp3) is 0.533. The molecule has 0 radical (unpaired) electrons. The molecule has 2 unspecified atom stereocenters. The van der Waals surface area contributed by atoms with Crippen molar-refractivity contribution in [2.45, 2.75) is 44.9 Å². The van der Waals surface area contributed by atoms with Gasteiger partial charge in [0.1, 0.15) is 5.82 Å². The molecule has 2 atom stereocenters. The monoisotopic (exact) mass is 272 g/mol. The molecule has 1 aliphatic carbocycles. The van der Waals surface area contributed by atoms with Crippen LogP contribution in [0.5, 0.6) is 0 Å². The Hall–Kier alpha value is -1.91. The summed E-state index contributed by atoms with van der Waals surface area (Å²) in [7, 11) is 0. The van der Waals surface area contributed by atoms with Gasteiger partial charge >= 0.3 is 0 Å². The lowest BCUT2D eigenvalue weighted by Crippen LogP contribution is -2.14. The Morgan fingerprint density at radius 3 is 3.00 bits per heavy atom. The molecule has 0 bridgehead atoms. The number of pyridine rings is 1. The van der Waals surface area contributed by atoms with E-state index < -0.39 is 0 Å². The smallest absolute Gasteiger partial charge is 0.259 e. The van der Waals surface area contributed by atoms with Gasteiger partial charge in [-0.15, -0.1) is 0 Å². The summed E-state index contributed by atoms with van der Waals surface area (Å²) in [6.45, 7) is 2.26. The Balaban J connectivity index is 1.78. The lowest BCUT2D eigenvalue weighted by Gasteiger charge is -2.26. The Bertz CT molecular complexity index is 564. The van der Waals surface area contributed by atoms with Gasteiger partial charge in [0.2, 0.25) is 0 Å². The number of anilines is 1. The molecule has 1 aliphatic rings. The van der Waals surface area contributed by atoms with Gasteiger partial charge in [-0.05, 0) is 30.9 Å². The fourth-order valence-corrected chi connectivity index (χ4v) is 2.95. The van der Waals surface area contributed by atoms with Gasteiger partial charge in [-0.25, -0.2) is 4.98 Å². The first kappa shape index (κ1) is 13.1. The first-order valence-electron chi connectivity index (χ1n) is 7.31. The van der Waals surface area contributed by atoms with Crippen molar-refractivity contribution in [2.24, 2.45) is 5.92 Å². The van der Waals surface area contributed by atoms with E-state index in [1.54, 1.807) is 12.3 Å². The van der Waals surface area contributed by atoms with Crippen molar-refractivity contribution in [1.29, 1.82) is 0 Å². The molecule has 1 saturated carbocycles. The first-order chi connectivity index (χ1) is 9.76. The van der Waals surface area contributed by atoms with E-state index in [0.717, 1.165) is 23.7 Å². The van der Waals surface area contributed by atoms with E-state index in [9.17, 15) is 0 Å². The summed E-state index contributed by atoms with van der Waals surface area (Å²) in [6, 6.07) is 3.60. The van der Waals surface area contributed by atoms with Crippen LogP contribution >= 0.6 is 0 Å². The highest BCUT2D eigenvalue weighted by molar-refractivity contribution is 5.53. The van der Waals surface area contributed by atoms with E-state index >= 15 is 0 Å². The second kappa shape index (κ2) is 5.61. The molecule has 5 heteroatoms. The number of nitrogen functional groups attached to an aromatic ring is 1. The van der Waals surface area contributed by atoms with Crippen LogP contribution in [0, 0.1) is 5.92 Å². The summed E-state index contributed by atoms with van der Waals surface area (Å²) >= 11 is 0. The average Bonchev–Trinajstić information content (AvgIpc) is 2.98. The molecule has 0 aromatic carbocycles. The molecule has 0 spiro atoms. The molecule has 5 nitrogen and oxygen atoms in total. The standard InChI is InChI=1S/C15H20N4O/c1-2-10-4-3-5-11(8-10)14-18-15(20-19-14)12-6-7-13(16)17-9-12/h6-7,9-11H,2-5,8H2,1H3,(H2,16,17). The van der Waals surface area contributed by atoms with E-state index in [0.29, 0.717) is 17.6 Å². The predicted octanol–water partition coefficient (Wildman–Crippen LogP) is 3.40. The molecule has 0 amide bonds. The predicted molar refractivity (Wildman–Crippen MR) is 76.9 cm³/mol. The largest absolute Gasteiger partial charge is 0.384 e. The highest BCUT2D eigenvalue weighted by atomic mass is 16.5. The minimum atomic E-state index is 0.438. The Morgan fingerprint density at radius 2 is 2.25 bits per heavy atom. The van der Waals surface area contributed by atoms with Crippen molar-refractivity contribution >= 4 is 5.82 Å². The summed E-state index contributed by atoms with van der Waals surface area (Å²) in [5.41, 5.74) is 6.40. The van der Waals surface area contributed by atoms with Gasteiger partial charge in [-0.2, -0.15) is 4.98 Å². The van der Waals surface area contributed by atoms with Crippen molar-refractivity contribution in [3.8, 4) is 11.5 Å². The van der Waals surface area contributed by atoms with E-state index in [4.69, 9.17) is 10.3 Å². The Labute approximate surface area is 118 Å². The quantitative estimate of drug-likeness (QED) is 0.926. The van der Waals surface area contributed by atoms with Crippen LogP contribution in [0.4, 0.5) is 5.82 Å². The van der Waals surface area contributed by atoms with Crippen molar-refractivity contribution < 1.29 is 4.52 Å². The number of hydrogen-bond acceptors (Lipinski definition) is 5. The third-order valence-electron chi connectivity index (χ3n) is 4.20. The van der Waals surface area contributed by atoms with Gasteiger partial charge in [0.15, 0.2) is 5.82 Å². The van der Waals surface area contributed by atoms with Gasteiger partial charge in [-0.3, -0.25) is 0 Å². The van der Waals surface area contributed by atoms with Gasteiger partial charge in [0.05, 0.1) is 5.56 Å². The zero-order valence-corrected chi connectivity index (χ0v) is 11.7. The maximum atomic E-state index is 5.58. The summed E-state index contributed by atoms with van der Waals surface area (Å²) in [5, 5.41) is 4.16. The second-order valence-corrected chi connectivity index (χ2v) is 5.57. The molecule has 2 heterocycles. The van der Waals surface area contributed by atoms with Crippen molar-refractivity contribution in [3.05, 3.63) is 24.2 Å². The number of rotatable bonds is 3. The highest BCUT2D eigenvalue weighted by Gasteiger charge is 2.26. The molecule has 0 saturated heterocycles. The van der Waals surface area contributed by atoms with E-state index in [1.807, 2.05) is 6.07 Å². The maximum absolute atomic E-state index is 5.58. The van der Waals surface area contributed by atoms with Crippen LogP contribution in [0.25, 0.3) is 11.5 Å². The normalized spacial score (nSPS) is 22.9. The minimum absolute atomic E-state index is 0.438. The Kier molecular flexibility index (Phi) is 3.67. The zero-order valence-electron chi connectivity index (χ0n) is 11.7. The van der Waals surface area contributed by atoms with E-state index in [2.05, 4.69) is 22.0 Å². The zero-order chi connectivity index (χ0) is 13.9. The maximum Gasteiger partial charge on any atom is 0.259 e. The number of nitrogens with zero attached hydrogens (tertiary/aromatic N) is 3. The highest BCUT2D eigenvalue weighted by Crippen LogP contribution is 2.36. The van der Waals surface area contributed by atoms with Crippen LogP contribution in [0.15, 0.2) is 22.9 Å². The average molecular weight is 272 g/mol. The third kappa shape index (κ3) is 2.66. The molecule has 3 rings (SSSR count). The summed E-state index contributed by atoms with van der Waals surface area (Å²) in [6.07, 6.45) is 7.84. The molecule has 106 valence electrons. The molecular formula is C15H20N4O. The molecule has 2 N–H and O–H groups in total. The molecule has 2 aromatic rings. The van der Waals surface area contributed by atoms with Crippen LogP contribution < -0.4 is 5.73 Å². The molecule has 1 fully saturated rings. The van der Waals surface area contributed by atoms with Crippen LogP contribution in [-0.4, -0.2) is 15.1 Å². The topological polar surface area (TPSA) is 77.8 Å². The molecule has 20 heavy (non-hydrogen) atoms. The van der Waals surface area contributed by atoms with Crippen LogP contribution in [-0.2, 0) is 0 Å². The Morgan fingerprint density at radius 1 is 1.35 bits per heavy atom. The minimum Gasteiger partial charge on any atom is -0.384 e. The lowest BCUT2D eigenvalue weighted by atomic mass is 9.80. The van der Waals surface area contributed by atoms with E-state index in [1.165, 1.54) is 25.7 Å². The van der Waals surface area contributed by atoms with Gasteiger partial charge in [-0.1, -0.05) is 31.3 Å². The lowest BCUT2D eigenvalue weighted by molar-refractivity contribution is 0.300. The van der Waals surface area contributed by atoms with E-state index in [-0.39, 0.29) is 0 Å². The van der Waals surface area contributed by atoms with Crippen LogP contribution in [0.3, 0.4) is 0 Å². The number of aromatic nitrogens is 3. The number of nitrogens with two attached hydrogens (primary N) is 1. The van der Waals surface area contributed by atoms with Gasteiger partial charge < -0.3 is 10.3 Å². The molecule has 0 aliphatic heterocycles. The van der Waals surface area contributed by atoms with Gasteiger partial charge in [0, 0.05) is 12.1 Å². The fourth-order valence-electron chi connectivity index (χ4n) is 2.95.